The third kappa shape index (κ3) is 3.45. The first-order chi connectivity index (χ1) is 10.5. The number of nitro groups is 1. The SMILES string of the molecule is NN1C(Br)C([N+](=O)[O-])=C(Cc2ccccc2)N1CC(O)CO. The fraction of sp³-hybridized carbons (Fsp3) is 0.385. The second-order valence-electron chi connectivity index (χ2n) is 4.89. The third-order valence-electron chi connectivity index (χ3n) is 3.35. The molecule has 1 aliphatic heterocycles. The van der Waals surface area contributed by atoms with Crippen molar-refractivity contribution in [2.24, 2.45) is 5.84 Å². The number of hydrogen-bond donors (Lipinski definition) is 3. The van der Waals surface area contributed by atoms with Gasteiger partial charge in [-0.3, -0.25) is 15.1 Å². The van der Waals surface area contributed by atoms with Gasteiger partial charge in [0.2, 0.25) is 0 Å². The van der Waals surface area contributed by atoms with Crippen LogP contribution in [0.3, 0.4) is 0 Å². The molecular weight excluding hydrogens is 356 g/mol. The summed E-state index contributed by atoms with van der Waals surface area (Å²) in [5.41, 5.74) is 1.19. The van der Waals surface area contributed by atoms with Crippen LogP contribution in [-0.4, -0.2) is 49.5 Å². The Hall–Kier alpha value is -1.52. The van der Waals surface area contributed by atoms with E-state index in [0.717, 1.165) is 10.7 Å². The standard InChI is InChI=1S/C13H17BrN4O4/c14-13-12(18(21)22)11(6-9-4-2-1-3-5-9)16(17(13)15)7-10(20)8-19/h1-5,10,13,19-20H,6-8,15H2. The van der Waals surface area contributed by atoms with E-state index in [9.17, 15) is 15.2 Å². The average molecular weight is 373 g/mol. The quantitative estimate of drug-likeness (QED) is 0.214. The van der Waals surface area contributed by atoms with Gasteiger partial charge in [-0.1, -0.05) is 46.3 Å². The van der Waals surface area contributed by atoms with E-state index in [-0.39, 0.29) is 12.2 Å². The van der Waals surface area contributed by atoms with E-state index in [2.05, 4.69) is 15.9 Å². The van der Waals surface area contributed by atoms with Crippen LogP contribution >= 0.6 is 15.9 Å². The summed E-state index contributed by atoms with van der Waals surface area (Å²) < 4.78 is 0. The van der Waals surface area contributed by atoms with Crippen LogP contribution in [0.2, 0.25) is 0 Å². The van der Waals surface area contributed by atoms with E-state index >= 15 is 0 Å². The number of hydrazine groups is 2. The first kappa shape index (κ1) is 16.8. The minimum Gasteiger partial charge on any atom is -0.394 e. The van der Waals surface area contributed by atoms with Gasteiger partial charge in [0, 0.05) is 6.42 Å². The van der Waals surface area contributed by atoms with Crippen molar-refractivity contribution in [3.8, 4) is 0 Å². The molecule has 8 nitrogen and oxygen atoms in total. The Labute approximate surface area is 135 Å². The average Bonchev–Trinajstić information content (AvgIpc) is 2.73. The van der Waals surface area contributed by atoms with Crippen molar-refractivity contribution < 1.29 is 15.1 Å². The highest BCUT2D eigenvalue weighted by Gasteiger charge is 2.44. The number of nitrogens with zero attached hydrogens (tertiary/aromatic N) is 3. The topological polar surface area (TPSA) is 116 Å². The van der Waals surface area contributed by atoms with Crippen molar-refractivity contribution in [2.75, 3.05) is 13.2 Å². The summed E-state index contributed by atoms with van der Waals surface area (Å²) in [4.78, 5) is 10.1. The largest absolute Gasteiger partial charge is 0.394 e. The van der Waals surface area contributed by atoms with Gasteiger partial charge in [0.15, 0.2) is 4.95 Å². The minimum atomic E-state index is -1.05. The first-order valence-electron chi connectivity index (χ1n) is 6.61. The number of rotatable bonds is 6. The van der Waals surface area contributed by atoms with Gasteiger partial charge in [0.05, 0.1) is 24.2 Å². The minimum absolute atomic E-state index is 0.0331. The molecule has 0 fully saturated rings. The van der Waals surface area contributed by atoms with Crippen LogP contribution < -0.4 is 5.84 Å². The van der Waals surface area contributed by atoms with Crippen LogP contribution in [0.15, 0.2) is 41.7 Å². The maximum atomic E-state index is 11.4. The Bertz CT molecular complexity index is 568. The number of hydrogen-bond acceptors (Lipinski definition) is 7. The van der Waals surface area contributed by atoms with Crippen LogP contribution in [0, 0.1) is 10.1 Å². The van der Waals surface area contributed by atoms with Gasteiger partial charge in [0.1, 0.15) is 5.70 Å². The van der Waals surface area contributed by atoms with E-state index in [1.165, 1.54) is 5.01 Å². The molecule has 1 aromatic carbocycles. The van der Waals surface area contributed by atoms with E-state index in [1.54, 1.807) is 0 Å². The molecule has 120 valence electrons. The molecule has 2 rings (SSSR count). The van der Waals surface area contributed by atoms with Gasteiger partial charge in [-0.15, -0.1) is 5.12 Å². The number of allylic oxidation sites excluding steroid dienone is 1. The summed E-state index contributed by atoms with van der Waals surface area (Å²) in [5.74, 6) is 5.87. The lowest BCUT2D eigenvalue weighted by Crippen LogP contribution is -2.49. The second-order valence-corrected chi connectivity index (χ2v) is 5.75. The molecule has 0 radical (unpaired) electrons. The monoisotopic (exact) mass is 372 g/mol. The highest BCUT2D eigenvalue weighted by molar-refractivity contribution is 9.09. The summed E-state index contributed by atoms with van der Waals surface area (Å²) in [6.45, 7) is -0.488. The zero-order valence-electron chi connectivity index (χ0n) is 11.7. The molecule has 1 aliphatic rings. The van der Waals surface area contributed by atoms with Gasteiger partial charge in [-0.05, 0) is 5.56 Å². The van der Waals surface area contributed by atoms with Gasteiger partial charge >= 0.3 is 0 Å². The van der Waals surface area contributed by atoms with Crippen LogP contribution in [0.5, 0.6) is 0 Å². The fourth-order valence-corrected chi connectivity index (χ4v) is 2.93. The molecule has 0 bridgehead atoms. The maximum absolute atomic E-state index is 11.4. The fourth-order valence-electron chi connectivity index (χ4n) is 2.28. The lowest BCUT2D eigenvalue weighted by molar-refractivity contribution is -0.428. The second kappa shape index (κ2) is 7.16. The molecule has 4 N–H and O–H groups in total. The molecule has 2 atom stereocenters. The molecule has 1 heterocycles. The van der Waals surface area contributed by atoms with Crippen LogP contribution in [0.4, 0.5) is 0 Å². The summed E-state index contributed by atoms with van der Waals surface area (Å²) >= 11 is 3.19. The lowest BCUT2D eigenvalue weighted by Gasteiger charge is -2.30. The van der Waals surface area contributed by atoms with Crippen molar-refractivity contribution in [2.45, 2.75) is 17.5 Å². The number of halogens is 1. The predicted octanol–water partition coefficient (Wildman–Crippen LogP) is 0.198. The molecule has 0 spiro atoms. The molecule has 9 heteroatoms. The highest BCUT2D eigenvalue weighted by Crippen LogP contribution is 2.33. The van der Waals surface area contributed by atoms with E-state index in [4.69, 9.17) is 10.9 Å². The molecule has 0 saturated carbocycles. The van der Waals surface area contributed by atoms with Crippen molar-refractivity contribution >= 4 is 15.9 Å². The molecule has 22 heavy (non-hydrogen) atoms. The lowest BCUT2D eigenvalue weighted by atomic mass is 10.1. The molecule has 1 aromatic rings. The summed E-state index contributed by atoms with van der Waals surface area (Å²) in [5, 5.41) is 32.6. The molecular formula is C13H17BrN4O4. The normalized spacial score (nSPS) is 20.5. The molecule has 0 saturated heterocycles. The van der Waals surface area contributed by atoms with Crippen molar-refractivity contribution in [1.29, 1.82) is 0 Å². The summed E-state index contributed by atoms with van der Waals surface area (Å²) in [7, 11) is 0. The van der Waals surface area contributed by atoms with Crippen LogP contribution in [-0.2, 0) is 6.42 Å². The number of aliphatic hydroxyl groups is 2. The third-order valence-corrected chi connectivity index (χ3v) is 4.20. The van der Waals surface area contributed by atoms with Crippen molar-refractivity contribution in [3.63, 3.8) is 0 Å². The molecule has 0 amide bonds. The Morgan fingerprint density at radius 3 is 2.59 bits per heavy atom. The Morgan fingerprint density at radius 2 is 2.05 bits per heavy atom. The number of alkyl halides is 1. The van der Waals surface area contributed by atoms with Crippen LogP contribution in [0.25, 0.3) is 0 Å². The van der Waals surface area contributed by atoms with Crippen molar-refractivity contribution in [3.05, 3.63) is 57.4 Å². The van der Waals surface area contributed by atoms with Gasteiger partial charge in [-0.25, -0.2) is 5.84 Å². The molecule has 0 aromatic heterocycles. The van der Waals surface area contributed by atoms with E-state index in [1.807, 2.05) is 30.3 Å². The van der Waals surface area contributed by atoms with E-state index < -0.39 is 22.6 Å². The zero-order valence-corrected chi connectivity index (χ0v) is 13.3. The predicted molar refractivity (Wildman–Crippen MR) is 82.7 cm³/mol. The number of aliphatic hydroxyl groups excluding tert-OH is 2. The number of nitrogens with two attached hydrogens (primary N) is 1. The van der Waals surface area contributed by atoms with Gasteiger partial charge in [-0.2, -0.15) is 0 Å². The summed E-state index contributed by atoms with van der Waals surface area (Å²) in [6, 6.07) is 9.25. The number of benzene rings is 1. The number of β-amino-alcohol motifs (C(OH)–C–C–N with tert-alkyl or cyclic N) is 1. The zero-order chi connectivity index (χ0) is 16.3. The summed E-state index contributed by atoms with van der Waals surface area (Å²) in [6.07, 6.45) is -0.756. The molecule has 0 aliphatic carbocycles. The van der Waals surface area contributed by atoms with Crippen molar-refractivity contribution in [1.82, 2.24) is 10.1 Å². The van der Waals surface area contributed by atoms with Crippen LogP contribution in [0.1, 0.15) is 5.56 Å². The molecule has 2 unspecified atom stereocenters. The van der Waals surface area contributed by atoms with E-state index in [0.29, 0.717) is 12.1 Å². The van der Waals surface area contributed by atoms with Gasteiger partial charge < -0.3 is 10.2 Å². The first-order valence-corrected chi connectivity index (χ1v) is 7.53. The smallest absolute Gasteiger partial charge is 0.298 e. The maximum Gasteiger partial charge on any atom is 0.298 e. The Kier molecular flexibility index (Phi) is 5.48. The highest BCUT2D eigenvalue weighted by atomic mass is 79.9. The Morgan fingerprint density at radius 1 is 1.41 bits per heavy atom. The Balaban J connectivity index is 2.36. The van der Waals surface area contributed by atoms with Gasteiger partial charge in [0.25, 0.3) is 5.70 Å².